The number of carbonyl (C=O) groups is 2. The lowest BCUT2D eigenvalue weighted by atomic mass is 9.81. The molecule has 4 aromatic rings. The number of amides is 2. The fourth-order valence-corrected chi connectivity index (χ4v) is 5.32. The number of nitrogens with two attached hydrogens (primary N) is 2. The first kappa shape index (κ1) is 28.5. The van der Waals surface area contributed by atoms with Gasteiger partial charge in [-0.1, -0.05) is 22.9 Å². The van der Waals surface area contributed by atoms with Crippen LogP contribution in [0.5, 0.6) is 5.75 Å². The van der Waals surface area contributed by atoms with E-state index in [2.05, 4.69) is 15.3 Å². The predicted molar refractivity (Wildman–Crippen MR) is 143 cm³/mol. The van der Waals surface area contributed by atoms with Gasteiger partial charge in [0, 0.05) is 16.7 Å². The number of aliphatic hydroxyl groups is 1. The van der Waals surface area contributed by atoms with Crippen LogP contribution in [0.1, 0.15) is 28.5 Å². The molecule has 6 N–H and O–H groups in total. The average molecular weight is 610 g/mol. The van der Waals surface area contributed by atoms with Crippen molar-refractivity contribution < 1.29 is 37.0 Å². The van der Waals surface area contributed by atoms with Gasteiger partial charge >= 0.3 is 6.18 Å². The summed E-state index contributed by atoms with van der Waals surface area (Å²) in [6.45, 7) is -0.304. The highest BCUT2D eigenvalue weighted by atomic mass is 35.5. The number of primary amides is 1. The van der Waals surface area contributed by atoms with E-state index in [4.69, 9.17) is 27.8 Å². The number of thiazole rings is 1. The molecule has 15 heteroatoms. The van der Waals surface area contributed by atoms with Crippen molar-refractivity contribution in [1.29, 1.82) is 0 Å². The van der Waals surface area contributed by atoms with Crippen molar-refractivity contribution in [1.82, 2.24) is 15.3 Å². The number of anilines is 1. The van der Waals surface area contributed by atoms with E-state index in [9.17, 15) is 32.3 Å². The maximum absolute atomic E-state index is 14.6. The third-order valence-electron chi connectivity index (χ3n) is 6.87. The fourth-order valence-electron chi connectivity index (χ4n) is 4.37. The average Bonchev–Trinajstić information content (AvgIpc) is 3.46. The van der Waals surface area contributed by atoms with Crippen LogP contribution in [-0.4, -0.2) is 46.2 Å². The number of halogens is 5. The predicted octanol–water partition coefficient (Wildman–Crippen LogP) is 4.05. The SMILES string of the molecule is C[C@]1(C(N)=O)COc2c1cc([C@@](O)(CNC(=O)c1ccc3nc(N)sc3c1)C(F)(F)F)nc2-c1ccc(F)c(Cl)c1. The maximum Gasteiger partial charge on any atom is 0.424 e. The molecule has 2 aromatic heterocycles. The van der Waals surface area contributed by atoms with Gasteiger partial charge in [0.25, 0.3) is 5.91 Å². The number of hydrogen-bond donors (Lipinski definition) is 4. The van der Waals surface area contributed by atoms with Crippen molar-refractivity contribution in [2.45, 2.75) is 24.1 Å². The van der Waals surface area contributed by atoms with E-state index >= 15 is 0 Å². The monoisotopic (exact) mass is 609 g/mol. The van der Waals surface area contributed by atoms with Crippen LogP contribution in [0, 0.1) is 5.82 Å². The number of aromatic nitrogens is 2. The van der Waals surface area contributed by atoms with Crippen LogP contribution >= 0.6 is 22.9 Å². The quantitative estimate of drug-likeness (QED) is 0.241. The molecule has 3 heterocycles. The molecule has 41 heavy (non-hydrogen) atoms. The van der Waals surface area contributed by atoms with E-state index in [0.717, 1.165) is 29.5 Å². The summed E-state index contributed by atoms with van der Waals surface area (Å²) in [7, 11) is 0. The van der Waals surface area contributed by atoms with E-state index in [-0.39, 0.29) is 44.9 Å². The third kappa shape index (κ3) is 4.81. The molecular weight excluding hydrogens is 590 g/mol. The molecule has 214 valence electrons. The molecule has 0 saturated carbocycles. The van der Waals surface area contributed by atoms with E-state index in [1.54, 1.807) is 0 Å². The topological polar surface area (TPSA) is 153 Å². The van der Waals surface area contributed by atoms with Crippen LogP contribution in [-0.2, 0) is 15.8 Å². The highest BCUT2D eigenvalue weighted by molar-refractivity contribution is 7.22. The van der Waals surface area contributed by atoms with Gasteiger partial charge in [-0.05, 0) is 49.4 Å². The Balaban J connectivity index is 1.60. The molecule has 1 aliphatic rings. The van der Waals surface area contributed by atoms with Crippen molar-refractivity contribution >= 4 is 50.1 Å². The second-order valence-corrected chi connectivity index (χ2v) is 11.1. The normalized spacial score (nSPS) is 18.0. The van der Waals surface area contributed by atoms with Gasteiger partial charge in [0.2, 0.25) is 11.5 Å². The Morgan fingerprint density at radius 1 is 1.20 bits per heavy atom. The van der Waals surface area contributed by atoms with E-state index in [0.29, 0.717) is 10.2 Å². The molecular formula is C26H20ClF4N5O4S. The minimum Gasteiger partial charge on any atom is -0.489 e. The zero-order valence-electron chi connectivity index (χ0n) is 21.0. The van der Waals surface area contributed by atoms with E-state index in [1.165, 1.54) is 31.2 Å². The van der Waals surface area contributed by atoms with Crippen molar-refractivity contribution in [2.24, 2.45) is 5.73 Å². The number of nitrogen functional groups attached to an aromatic ring is 1. The molecule has 2 atom stereocenters. The minimum atomic E-state index is -5.36. The zero-order valence-corrected chi connectivity index (χ0v) is 22.5. The highest BCUT2D eigenvalue weighted by Gasteiger charge is 2.57. The summed E-state index contributed by atoms with van der Waals surface area (Å²) in [6.07, 6.45) is -5.36. The number of carbonyl (C=O) groups excluding carboxylic acids is 2. The first-order valence-corrected chi connectivity index (χ1v) is 13.0. The molecule has 5 rings (SSSR count). The zero-order chi connectivity index (χ0) is 29.9. The Kier molecular flexibility index (Phi) is 6.83. The van der Waals surface area contributed by atoms with Crippen LogP contribution in [0.15, 0.2) is 42.5 Å². The summed E-state index contributed by atoms with van der Waals surface area (Å²) in [5, 5.41) is 13.1. The minimum absolute atomic E-state index is 0.00364. The first-order chi connectivity index (χ1) is 19.1. The fraction of sp³-hybridized carbons (Fsp3) is 0.231. The standard InChI is InChI=1S/C26H20ClF4N5O4S/c1-24(22(32)38)10-40-20-13(24)8-18(36-19(20)11-2-4-15(28)14(27)6-11)25(39,26(29,30)31)9-34-21(37)12-3-5-16-17(7-12)41-23(33)35-16/h2-8,39H,9-10H2,1H3,(H2,32,38)(H2,33,35)(H,34,37)/t24-,25-/m0/s1. The molecule has 2 aromatic carbocycles. The Hall–Kier alpha value is -4.01. The summed E-state index contributed by atoms with van der Waals surface area (Å²) in [6, 6.07) is 8.41. The summed E-state index contributed by atoms with van der Waals surface area (Å²) in [5.74, 6) is -2.69. The molecule has 0 unspecified atom stereocenters. The van der Waals surface area contributed by atoms with Gasteiger partial charge in [-0.3, -0.25) is 9.59 Å². The number of nitrogens with one attached hydrogen (secondary N) is 1. The number of benzene rings is 2. The first-order valence-electron chi connectivity index (χ1n) is 11.8. The number of ether oxygens (including phenoxy) is 1. The van der Waals surface area contributed by atoms with Gasteiger partial charge in [-0.25, -0.2) is 14.4 Å². The summed E-state index contributed by atoms with van der Waals surface area (Å²) < 4.78 is 63.7. The Bertz CT molecular complexity index is 1730. The number of pyridine rings is 1. The summed E-state index contributed by atoms with van der Waals surface area (Å²) in [4.78, 5) is 33.3. The van der Waals surface area contributed by atoms with E-state index in [1.807, 2.05) is 0 Å². The smallest absolute Gasteiger partial charge is 0.424 e. The van der Waals surface area contributed by atoms with Crippen LogP contribution < -0.4 is 21.5 Å². The number of hydrogen-bond acceptors (Lipinski definition) is 8. The van der Waals surface area contributed by atoms with Gasteiger partial charge < -0.3 is 26.6 Å². The lowest BCUT2D eigenvalue weighted by molar-refractivity contribution is -0.265. The number of nitrogens with zero attached hydrogens (tertiary/aromatic N) is 2. The Morgan fingerprint density at radius 2 is 1.93 bits per heavy atom. The molecule has 0 aliphatic carbocycles. The molecule has 1 aliphatic heterocycles. The van der Waals surface area contributed by atoms with E-state index < -0.39 is 47.1 Å². The maximum atomic E-state index is 14.6. The summed E-state index contributed by atoms with van der Waals surface area (Å²) >= 11 is 6.99. The van der Waals surface area contributed by atoms with Gasteiger partial charge in [0.05, 0.1) is 27.5 Å². The van der Waals surface area contributed by atoms with Gasteiger partial charge in [0.1, 0.15) is 29.3 Å². The molecule has 0 saturated heterocycles. The van der Waals surface area contributed by atoms with Gasteiger partial charge in [0.15, 0.2) is 5.13 Å². The largest absolute Gasteiger partial charge is 0.489 e. The van der Waals surface area contributed by atoms with Crippen LogP contribution in [0.4, 0.5) is 22.7 Å². The Morgan fingerprint density at radius 3 is 2.59 bits per heavy atom. The lowest BCUT2D eigenvalue weighted by Gasteiger charge is -2.31. The second-order valence-electron chi connectivity index (χ2n) is 9.62. The van der Waals surface area contributed by atoms with Crippen molar-refractivity contribution in [2.75, 3.05) is 18.9 Å². The lowest BCUT2D eigenvalue weighted by Crippen LogP contribution is -2.51. The number of rotatable bonds is 6. The number of fused-ring (bicyclic) bond motifs is 2. The molecule has 0 fully saturated rings. The molecule has 0 bridgehead atoms. The van der Waals surface area contributed by atoms with Crippen LogP contribution in [0.3, 0.4) is 0 Å². The summed E-state index contributed by atoms with van der Waals surface area (Å²) in [5.41, 5.74) is 5.19. The van der Waals surface area contributed by atoms with Crippen LogP contribution in [0.25, 0.3) is 21.5 Å². The number of alkyl halides is 3. The second kappa shape index (κ2) is 9.82. The molecule has 0 radical (unpaired) electrons. The van der Waals surface area contributed by atoms with Crippen molar-refractivity contribution in [3.8, 4) is 17.0 Å². The van der Waals surface area contributed by atoms with Crippen LogP contribution in [0.2, 0.25) is 5.02 Å². The van der Waals surface area contributed by atoms with Crippen molar-refractivity contribution in [3.05, 3.63) is 70.1 Å². The van der Waals surface area contributed by atoms with Gasteiger partial charge in [-0.2, -0.15) is 13.2 Å². The van der Waals surface area contributed by atoms with Crippen molar-refractivity contribution in [3.63, 3.8) is 0 Å². The Labute approximate surface area is 238 Å². The molecule has 9 nitrogen and oxygen atoms in total. The van der Waals surface area contributed by atoms with Gasteiger partial charge in [-0.15, -0.1) is 0 Å². The molecule has 0 spiro atoms. The highest BCUT2D eigenvalue weighted by Crippen LogP contribution is 2.48. The molecule has 2 amide bonds. The third-order valence-corrected chi connectivity index (χ3v) is 8.01.